The van der Waals surface area contributed by atoms with Crippen molar-refractivity contribution in [1.82, 2.24) is 9.88 Å². The molecule has 160 valence electrons. The zero-order valence-electron chi connectivity index (χ0n) is 18.0. The minimum atomic E-state index is -0.257. The Balaban J connectivity index is 1.83. The Morgan fingerprint density at radius 2 is 1.81 bits per heavy atom. The first-order chi connectivity index (χ1) is 15.2. The average molecular weight is 418 g/mol. The highest BCUT2D eigenvalue weighted by Crippen LogP contribution is 2.41. The van der Waals surface area contributed by atoms with E-state index in [2.05, 4.69) is 4.98 Å². The van der Waals surface area contributed by atoms with Gasteiger partial charge in [0, 0.05) is 12.7 Å². The lowest BCUT2D eigenvalue weighted by Crippen LogP contribution is -2.40. The second-order valence-electron chi connectivity index (χ2n) is 7.26. The van der Waals surface area contributed by atoms with E-state index in [1.165, 1.54) is 0 Å². The van der Waals surface area contributed by atoms with Crippen molar-refractivity contribution < 1.29 is 19.0 Å². The molecule has 6 heteroatoms. The highest BCUT2D eigenvalue weighted by atomic mass is 16.5. The number of methoxy groups -OCH3 is 2. The van der Waals surface area contributed by atoms with Crippen LogP contribution >= 0.6 is 0 Å². The van der Waals surface area contributed by atoms with Crippen LogP contribution in [0.25, 0.3) is 0 Å². The molecule has 1 aliphatic heterocycles. The van der Waals surface area contributed by atoms with E-state index in [0.29, 0.717) is 36.1 Å². The van der Waals surface area contributed by atoms with Crippen LogP contribution in [-0.2, 0) is 6.42 Å². The Bertz CT molecular complexity index is 1070. The van der Waals surface area contributed by atoms with Crippen molar-refractivity contribution in [3.63, 3.8) is 0 Å². The Morgan fingerprint density at radius 3 is 2.52 bits per heavy atom. The number of aromatic nitrogens is 1. The van der Waals surface area contributed by atoms with Crippen LogP contribution in [0.5, 0.6) is 17.4 Å². The summed E-state index contributed by atoms with van der Waals surface area (Å²) in [6, 6.07) is 17.3. The van der Waals surface area contributed by atoms with E-state index in [-0.39, 0.29) is 11.9 Å². The third-order valence-corrected chi connectivity index (χ3v) is 5.53. The summed E-state index contributed by atoms with van der Waals surface area (Å²) < 4.78 is 16.7. The standard InChI is InChI=1S/C25H26N2O4/c1-4-31-24-19(11-8-13-26-24)25(28)27-14-12-18-15-21(29-2)22(30-3)16-20(18)23(27)17-9-6-5-7-10-17/h5-11,13,15-16,23H,4,12,14H2,1-3H3. The van der Waals surface area contributed by atoms with Crippen LogP contribution < -0.4 is 14.2 Å². The van der Waals surface area contributed by atoms with E-state index < -0.39 is 0 Å². The van der Waals surface area contributed by atoms with Crippen molar-refractivity contribution in [3.8, 4) is 17.4 Å². The SMILES string of the molecule is CCOc1ncccc1C(=O)N1CCc2cc(OC)c(OC)cc2C1c1ccccc1. The molecule has 0 fully saturated rings. The second kappa shape index (κ2) is 9.08. The summed E-state index contributed by atoms with van der Waals surface area (Å²) in [6.45, 7) is 2.90. The number of carbonyl (C=O) groups is 1. The number of pyridine rings is 1. The van der Waals surface area contributed by atoms with Gasteiger partial charge in [-0.05, 0) is 54.3 Å². The number of benzene rings is 2. The number of ether oxygens (including phenoxy) is 3. The number of fused-ring (bicyclic) bond motifs is 1. The molecule has 0 bridgehead atoms. The molecule has 31 heavy (non-hydrogen) atoms. The van der Waals surface area contributed by atoms with Crippen molar-refractivity contribution in [2.45, 2.75) is 19.4 Å². The fourth-order valence-electron chi connectivity index (χ4n) is 4.12. The smallest absolute Gasteiger partial charge is 0.260 e. The zero-order valence-corrected chi connectivity index (χ0v) is 18.0. The molecule has 1 aromatic heterocycles. The molecule has 6 nitrogen and oxygen atoms in total. The predicted molar refractivity (Wildman–Crippen MR) is 118 cm³/mol. The monoisotopic (exact) mass is 418 g/mol. The summed E-state index contributed by atoms with van der Waals surface area (Å²) in [6.07, 6.45) is 2.36. The molecule has 1 unspecified atom stereocenters. The van der Waals surface area contributed by atoms with Crippen molar-refractivity contribution in [2.24, 2.45) is 0 Å². The Hall–Kier alpha value is -3.54. The number of hydrogen-bond acceptors (Lipinski definition) is 5. The molecule has 0 N–H and O–H groups in total. The summed E-state index contributed by atoms with van der Waals surface area (Å²) in [5.41, 5.74) is 3.68. The Morgan fingerprint density at radius 1 is 1.06 bits per heavy atom. The molecule has 2 aromatic carbocycles. The molecule has 0 saturated heterocycles. The minimum absolute atomic E-state index is 0.106. The van der Waals surface area contributed by atoms with E-state index in [1.54, 1.807) is 32.5 Å². The molecule has 3 aromatic rings. The summed E-state index contributed by atoms with van der Waals surface area (Å²) >= 11 is 0. The van der Waals surface area contributed by atoms with Gasteiger partial charge < -0.3 is 19.1 Å². The fourth-order valence-corrected chi connectivity index (χ4v) is 4.12. The van der Waals surface area contributed by atoms with Gasteiger partial charge in [-0.15, -0.1) is 0 Å². The maximum absolute atomic E-state index is 13.7. The third-order valence-electron chi connectivity index (χ3n) is 5.53. The molecule has 1 aliphatic rings. The van der Waals surface area contributed by atoms with Gasteiger partial charge in [-0.1, -0.05) is 30.3 Å². The topological polar surface area (TPSA) is 60.9 Å². The molecule has 0 saturated carbocycles. The zero-order chi connectivity index (χ0) is 21.8. The first-order valence-corrected chi connectivity index (χ1v) is 10.4. The van der Waals surface area contributed by atoms with Gasteiger partial charge in [-0.25, -0.2) is 4.98 Å². The minimum Gasteiger partial charge on any atom is -0.493 e. The molecule has 0 spiro atoms. The number of amides is 1. The van der Waals surface area contributed by atoms with Crippen molar-refractivity contribution in [2.75, 3.05) is 27.4 Å². The molecule has 4 rings (SSSR count). The predicted octanol–water partition coefficient (Wildman–Crippen LogP) is 4.29. The first-order valence-electron chi connectivity index (χ1n) is 10.4. The molecule has 0 radical (unpaired) electrons. The second-order valence-corrected chi connectivity index (χ2v) is 7.26. The van der Waals surface area contributed by atoms with E-state index in [0.717, 1.165) is 23.1 Å². The van der Waals surface area contributed by atoms with Crippen molar-refractivity contribution in [3.05, 3.63) is 83.0 Å². The van der Waals surface area contributed by atoms with Gasteiger partial charge in [0.25, 0.3) is 5.91 Å². The Labute approximate surface area is 182 Å². The number of rotatable bonds is 6. The van der Waals surface area contributed by atoms with Crippen LogP contribution in [0.1, 0.15) is 40.0 Å². The number of hydrogen-bond donors (Lipinski definition) is 0. The highest BCUT2D eigenvalue weighted by Gasteiger charge is 2.35. The lowest BCUT2D eigenvalue weighted by molar-refractivity contribution is 0.0689. The van der Waals surface area contributed by atoms with Crippen LogP contribution in [0.3, 0.4) is 0 Å². The fraction of sp³-hybridized carbons (Fsp3) is 0.280. The maximum atomic E-state index is 13.7. The lowest BCUT2D eigenvalue weighted by atomic mass is 9.87. The lowest BCUT2D eigenvalue weighted by Gasteiger charge is -2.38. The van der Waals surface area contributed by atoms with E-state index in [9.17, 15) is 4.79 Å². The molecular weight excluding hydrogens is 392 g/mol. The van der Waals surface area contributed by atoms with Crippen LogP contribution in [0.4, 0.5) is 0 Å². The van der Waals surface area contributed by atoms with E-state index in [1.807, 2.05) is 54.3 Å². The normalized spacial score (nSPS) is 15.2. The summed E-state index contributed by atoms with van der Waals surface area (Å²) in [7, 11) is 3.26. The molecule has 1 amide bonds. The van der Waals surface area contributed by atoms with E-state index >= 15 is 0 Å². The average Bonchev–Trinajstić information content (AvgIpc) is 2.83. The third kappa shape index (κ3) is 3.93. The van der Waals surface area contributed by atoms with Gasteiger partial charge in [-0.2, -0.15) is 0 Å². The van der Waals surface area contributed by atoms with Crippen molar-refractivity contribution in [1.29, 1.82) is 0 Å². The first kappa shape index (κ1) is 20.7. The quantitative estimate of drug-likeness (QED) is 0.598. The van der Waals surface area contributed by atoms with Gasteiger partial charge in [0.05, 0.1) is 26.9 Å². The van der Waals surface area contributed by atoms with Gasteiger partial charge in [0.1, 0.15) is 5.56 Å². The van der Waals surface area contributed by atoms with E-state index in [4.69, 9.17) is 14.2 Å². The molecule has 2 heterocycles. The van der Waals surface area contributed by atoms with Crippen LogP contribution in [-0.4, -0.2) is 43.2 Å². The molecular formula is C25H26N2O4. The van der Waals surface area contributed by atoms with Gasteiger partial charge in [0.15, 0.2) is 11.5 Å². The van der Waals surface area contributed by atoms with Gasteiger partial charge in [-0.3, -0.25) is 4.79 Å². The van der Waals surface area contributed by atoms with Crippen molar-refractivity contribution >= 4 is 5.91 Å². The largest absolute Gasteiger partial charge is 0.493 e. The number of carbonyl (C=O) groups excluding carboxylic acids is 1. The summed E-state index contributed by atoms with van der Waals surface area (Å²) in [4.78, 5) is 19.9. The molecule has 1 atom stereocenters. The summed E-state index contributed by atoms with van der Waals surface area (Å²) in [5, 5.41) is 0. The maximum Gasteiger partial charge on any atom is 0.260 e. The van der Waals surface area contributed by atoms with Crippen LogP contribution in [0.15, 0.2) is 60.8 Å². The molecule has 0 aliphatic carbocycles. The highest BCUT2D eigenvalue weighted by molar-refractivity contribution is 5.97. The van der Waals surface area contributed by atoms with Crippen LogP contribution in [0, 0.1) is 0 Å². The Kier molecular flexibility index (Phi) is 6.07. The number of nitrogens with zero attached hydrogens (tertiary/aromatic N) is 2. The van der Waals surface area contributed by atoms with Gasteiger partial charge >= 0.3 is 0 Å². The van der Waals surface area contributed by atoms with Crippen LogP contribution in [0.2, 0.25) is 0 Å². The summed E-state index contributed by atoms with van der Waals surface area (Å²) in [5.74, 6) is 1.59. The van der Waals surface area contributed by atoms with Gasteiger partial charge in [0.2, 0.25) is 5.88 Å².